The van der Waals surface area contributed by atoms with Gasteiger partial charge in [-0.25, -0.2) is 4.98 Å². The van der Waals surface area contributed by atoms with Crippen molar-refractivity contribution in [3.05, 3.63) is 57.4 Å². The maximum atomic E-state index is 10.6. The lowest BCUT2D eigenvalue weighted by atomic mass is 10.3. The third kappa shape index (κ3) is 3.37. The molecule has 2 aromatic rings. The first-order valence-electron chi connectivity index (χ1n) is 5.57. The minimum atomic E-state index is -0.584. The monoisotopic (exact) mass is 308 g/mol. The Labute approximate surface area is 123 Å². The number of pyridine rings is 1. The molecule has 0 bridgehead atoms. The molecule has 0 amide bonds. The van der Waals surface area contributed by atoms with E-state index < -0.39 is 4.92 Å². The minimum Gasteiger partial charge on any atom is -0.456 e. The molecule has 0 fully saturated rings. The maximum absolute atomic E-state index is 10.6. The van der Waals surface area contributed by atoms with Crippen molar-refractivity contribution in [2.45, 2.75) is 0 Å². The first kappa shape index (κ1) is 14.5. The smallest absolute Gasteiger partial charge is 0.288 e. The van der Waals surface area contributed by atoms with Crippen molar-refractivity contribution in [3.8, 4) is 11.5 Å². The summed E-state index contributed by atoms with van der Waals surface area (Å²) in [5.41, 5.74) is 5.46. The molecule has 0 saturated heterocycles. The minimum absolute atomic E-state index is 0.0289. The molecule has 1 heterocycles. The van der Waals surface area contributed by atoms with Crippen LogP contribution in [0.25, 0.3) is 0 Å². The molecule has 3 N–H and O–H groups in total. The Morgan fingerprint density at radius 1 is 1.38 bits per heavy atom. The first-order chi connectivity index (χ1) is 10.0. The van der Waals surface area contributed by atoms with E-state index in [0.29, 0.717) is 11.5 Å². The van der Waals surface area contributed by atoms with E-state index in [4.69, 9.17) is 27.3 Å². The number of oxime groups is 1. The van der Waals surface area contributed by atoms with Crippen LogP contribution in [0.3, 0.4) is 0 Å². The topological polar surface area (TPSA) is 124 Å². The summed E-state index contributed by atoms with van der Waals surface area (Å²) in [6.45, 7) is 0. The molecule has 1 aromatic heterocycles. The Kier molecular flexibility index (Phi) is 4.19. The van der Waals surface area contributed by atoms with Crippen LogP contribution >= 0.6 is 11.6 Å². The number of nitrogens with zero attached hydrogens (tertiary/aromatic N) is 3. The van der Waals surface area contributed by atoms with Crippen molar-refractivity contribution in [2.24, 2.45) is 10.9 Å². The van der Waals surface area contributed by atoms with E-state index in [-0.39, 0.29) is 22.2 Å². The third-order valence-electron chi connectivity index (χ3n) is 2.46. The van der Waals surface area contributed by atoms with Crippen LogP contribution in [0.4, 0.5) is 5.69 Å². The van der Waals surface area contributed by atoms with Gasteiger partial charge in [-0.1, -0.05) is 16.8 Å². The number of ether oxygens (including phenoxy) is 1. The fourth-order valence-corrected chi connectivity index (χ4v) is 1.72. The largest absolute Gasteiger partial charge is 0.456 e. The quantitative estimate of drug-likeness (QED) is 0.294. The highest BCUT2D eigenvalue weighted by atomic mass is 35.5. The van der Waals surface area contributed by atoms with Gasteiger partial charge in [-0.15, -0.1) is 0 Å². The van der Waals surface area contributed by atoms with E-state index >= 15 is 0 Å². The number of nitro groups is 1. The summed E-state index contributed by atoms with van der Waals surface area (Å²) in [7, 11) is 0. The van der Waals surface area contributed by atoms with Crippen molar-refractivity contribution in [2.75, 3.05) is 0 Å². The second kappa shape index (κ2) is 6.06. The second-order valence-corrected chi connectivity index (χ2v) is 4.24. The number of nitro benzene ring substituents is 1. The summed E-state index contributed by atoms with van der Waals surface area (Å²) in [6.07, 6.45) is 1.36. The van der Waals surface area contributed by atoms with Crippen LogP contribution in [0.1, 0.15) is 5.69 Å². The van der Waals surface area contributed by atoms with Gasteiger partial charge in [0.05, 0.1) is 11.1 Å². The standard InChI is InChI=1S/C12H9ClN4O4/c13-9-5-7(2-4-11(9)17(19)20)21-8-1-3-10(15-6-8)12(14)16-18/h1-6,18H,(H2,14,16). The molecule has 0 radical (unpaired) electrons. The van der Waals surface area contributed by atoms with Crippen molar-refractivity contribution in [1.29, 1.82) is 0 Å². The number of benzene rings is 1. The highest BCUT2D eigenvalue weighted by Crippen LogP contribution is 2.30. The summed E-state index contributed by atoms with van der Waals surface area (Å²) in [5.74, 6) is 0.568. The molecule has 0 aliphatic rings. The van der Waals surface area contributed by atoms with Crippen LogP contribution in [0.2, 0.25) is 5.02 Å². The van der Waals surface area contributed by atoms with Crippen LogP contribution in [0, 0.1) is 10.1 Å². The zero-order chi connectivity index (χ0) is 15.4. The molecular weight excluding hydrogens is 300 g/mol. The molecule has 21 heavy (non-hydrogen) atoms. The Balaban J connectivity index is 2.19. The van der Waals surface area contributed by atoms with Gasteiger partial charge in [0.1, 0.15) is 22.2 Å². The Morgan fingerprint density at radius 2 is 2.10 bits per heavy atom. The number of hydrogen-bond acceptors (Lipinski definition) is 6. The predicted molar refractivity (Wildman–Crippen MR) is 74.9 cm³/mol. The lowest BCUT2D eigenvalue weighted by Gasteiger charge is -2.06. The molecule has 9 heteroatoms. The maximum Gasteiger partial charge on any atom is 0.288 e. The van der Waals surface area contributed by atoms with Gasteiger partial charge in [0.25, 0.3) is 5.69 Å². The van der Waals surface area contributed by atoms with Crippen molar-refractivity contribution in [3.63, 3.8) is 0 Å². The molecule has 1 aromatic carbocycles. The van der Waals surface area contributed by atoms with Crippen LogP contribution in [-0.4, -0.2) is 21.0 Å². The molecule has 0 unspecified atom stereocenters. The Hall–Kier alpha value is -2.87. The molecule has 2 rings (SSSR count). The molecule has 8 nitrogen and oxygen atoms in total. The van der Waals surface area contributed by atoms with Crippen LogP contribution < -0.4 is 10.5 Å². The molecule has 0 aliphatic carbocycles. The molecule has 0 spiro atoms. The summed E-state index contributed by atoms with van der Waals surface area (Å²) < 4.78 is 5.45. The molecule has 0 aliphatic heterocycles. The van der Waals surface area contributed by atoms with Gasteiger partial charge in [-0.2, -0.15) is 0 Å². The van der Waals surface area contributed by atoms with E-state index in [1.54, 1.807) is 6.07 Å². The number of nitrogens with two attached hydrogens (primary N) is 1. The molecular formula is C12H9ClN4O4. The highest BCUT2D eigenvalue weighted by molar-refractivity contribution is 6.32. The van der Waals surface area contributed by atoms with E-state index in [9.17, 15) is 10.1 Å². The van der Waals surface area contributed by atoms with Crippen LogP contribution in [0.15, 0.2) is 41.7 Å². The van der Waals surface area contributed by atoms with E-state index in [0.717, 1.165) is 0 Å². The van der Waals surface area contributed by atoms with Gasteiger partial charge in [0.2, 0.25) is 0 Å². The third-order valence-corrected chi connectivity index (χ3v) is 2.76. The zero-order valence-corrected chi connectivity index (χ0v) is 11.2. The number of hydrogen-bond donors (Lipinski definition) is 2. The fraction of sp³-hybridized carbons (Fsp3) is 0. The van der Waals surface area contributed by atoms with Gasteiger partial charge < -0.3 is 15.7 Å². The molecule has 108 valence electrons. The van der Waals surface area contributed by atoms with Gasteiger partial charge in [-0.3, -0.25) is 10.1 Å². The van der Waals surface area contributed by atoms with E-state index in [2.05, 4.69) is 10.1 Å². The van der Waals surface area contributed by atoms with Gasteiger partial charge in [-0.05, 0) is 18.2 Å². The predicted octanol–water partition coefficient (Wildman–Crippen LogP) is 2.53. The lowest BCUT2D eigenvalue weighted by molar-refractivity contribution is -0.384. The Morgan fingerprint density at radius 3 is 2.62 bits per heavy atom. The number of rotatable bonds is 4. The number of halogens is 1. The SMILES string of the molecule is N/C(=N/O)c1ccc(Oc2ccc([N+](=O)[O-])c(Cl)c2)cn1. The van der Waals surface area contributed by atoms with Crippen molar-refractivity contribution in [1.82, 2.24) is 4.98 Å². The fourth-order valence-electron chi connectivity index (χ4n) is 1.48. The van der Waals surface area contributed by atoms with Gasteiger partial charge >= 0.3 is 0 Å². The van der Waals surface area contributed by atoms with Crippen molar-refractivity contribution >= 4 is 23.1 Å². The highest BCUT2D eigenvalue weighted by Gasteiger charge is 2.13. The zero-order valence-electron chi connectivity index (χ0n) is 10.4. The second-order valence-electron chi connectivity index (χ2n) is 3.84. The summed E-state index contributed by atoms with van der Waals surface area (Å²) in [5, 5.41) is 22.0. The molecule has 0 saturated carbocycles. The number of aromatic nitrogens is 1. The lowest BCUT2D eigenvalue weighted by Crippen LogP contribution is -2.14. The van der Waals surface area contributed by atoms with Crippen LogP contribution in [0.5, 0.6) is 11.5 Å². The average molecular weight is 309 g/mol. The first-order valence-corrected chi connectivity index (χ1v) is 5.95. The van der Waals surface area contributed by atoms with Crippen molar-refractivity contribution < 1.29 is 14.9 Å². The van der Waals surface area contributed by atoms with E-state index in [1.165, 1.54) is 30.5 Å². The Bertz CT molecular complexity index is 703. The average Bonchev–Trinajstić information content (AvgIpc) is 2.47. The summed E-state index contributed by atoms with van der Waals surface area (Å²) in [6, 6.07) is 7.04. The normalized spacial score (nSPS) is 11.2. The molecule has 0 atom stereocenters. The van der Waals surface area contributed by atoms with Crippen LogP contribution in [-0.2, 0) is 0 Å². The summed E-state index contributed by atoms with van der Waals surface area (Å²) >= 11 is 5.78. The number of amidine groups is 1. The summed E-state index contributed by atoms with van der Waals surface area (Å²) in [4.78, 5) is 14.0. The van der Waals surface area contributed by atoms with Gasteiger partial charge in [0.15, 0.2) is 5.84 Å². The van der Waals surface area contributed by atoms with E-state index in [1.807, 2.05) is 0 Å². The van der Waals surface area contributed by atoms with Gasteiger partial charge in [0, 0.05) is 12.1 Å².